The molecule has 2 rings (SSSR count). The van der Waals surface area contributed by atoms with Gasteiger partial charge in [0.25, 0.3) is 5.69 Å². The summed E-state index contributed by atoms with van der Waals surface area (Å²) in [6.07, 6.45) is 3.14. The van der Waals surface area contributed by atoms with Gasteiger partial charge >= 0.3 is 6.09 Å². The number of hydrogen-bond donors (Lipinski definition) is 1. The van der Waals surface area contributed by atoms with Gasteiger partial charge in [-0.2, -0.15) is 0 Å². The molecule has 0 spiro atoms. The Morgan fingerprint density at radius 3 is 2.64 bits per heavy atom. The second-order valence-electron chi connectivity index (χ2n) is 5.78. The molecule has 0 atom stereocenters. The minimum Gasteiger partial charge on any atom is -0.493 e. The van der Waals surface area contributed by atoms with Gasteiger partial charge < -0.3 is 14.2 Å². The molecule has 2 aromatic carbocycles. The van der Waals surface area contributed by atoms with E-state index >= 15 is 0 Å². The van der Waals surface area contributed by atoms with Crippen LogP contribution in [-0.4, -0.2) is 31.3 Å². The number of nitrogens with zero attached hydrogens (tertiary/aromatic N) is 1. The van der Waals surface area contributed by atoms with Crippen molar-refractivity contribution >= 4 is 23.5 Å². The number of benzene rings is 2. The number of nitro groups is 1. The number of allylic oxidation sites excluding steroid dienone is 1. The lowest BCUT2D eigenvalue weighted by molar-refractivity contribution is -0.385. The van der Waals surface area contributed by atoms with Crippen molar-refractivity contribution in [3.05, 3.63) is 63.7 Å². The number of amides is 1. The van der Waals surface area contributed by atoms with E-state index in [2.05, 4.69) is 5.32 Å². The molecule has 0 saturated carbocycles. The van der Waals surface area contributed by atoms with Crippen molar-refractivity contribution in [3.8, 4) is 11.5 Å². The fourth-order valence-corrected chi connectivity index (χ4v) is 2.42. The second kappa shape index (κ2) is 9.96. The maximum atomic E-state index is 11.8. The molecule has 1 amide bonds. The predicted molar refractivity (Wildman–Crippen MR) is 106 cm³/mol. The van der Waals surface area contributed by atoms with Crippen molar-refractivity contribution in [1.29, 1.82) is 0 Å². The Morgan fingerprint density at radius 2 is 1.96 bits per heavy atom. The molecule has 2 aromatic rings. The monoisotopic (exact) mass is 386 g/mol. The van der Waals surface area contributed by atoms with Gasteiger partial charge in [-0.1, -0.05) is 24.3 Å². The Bertz CT molecular complexity index is 879. The summed E-state index contributed by atoms with van der Waals surface area (Å²) >= 11 is 0. The minimum absolute atomic E-state index is 0.000440. The lowest BCUT2D eigenvalue weighted by Crippen LogP contribution is -2.17. The number of rotatable bonds is 8. The van der Waals surface area contributed by atoms with Crippen LogP contribution in [0.5, 0.6) is 11.5 Å². The van der Waals surface area contributed by atoms with Crippen molar-refractivity contribution in [2.75, 3.05) is 25.6 Å². The van der Waals surface area contributed by atoms with Gasteiger partial charge in [0.2, 0.25) is 0 Å². The third-order valence-corrected chi connectivity index (χ3v) is 3.77. The van der Waals surface area contributed by atoms with Crippen LogP contribution in [0.15, 0.2) is 42.5 Å². The molecule has 1 N–H and O–H groups in total. The first-order valence-corrected chi connectivity index (χ1v) is 8.57. The van der Waals surface area contributed by atoms with E-state index in [1.807, 2.05) is 31.2 Å². The number of nitrogens with one attached hydrogen (secondary N) is 1. The Kier molecular flexibility index (Phi) is 7.38. The first-order valence-electron chi connectivity index (χ1n) is 8.57. The Labute approximate surface area is 162 Å². The van der Waals surface area contributed by atoms with Gasteiger partial charge in [0.05, 0.1) is 17.7 Å². The van der Waals surface area contributed by atoms with Crippen LogP contribution < -0.4 is 14.8 Å². The molecule has 0 aliphatic rings. The topological polar surface area (TPSA) is 99.9 Å². The van der Waals surface area contributed by atoms with Crippen molar-refractivity contribution in [3.63, 3.8) is 0 Å². The highest BCUT2D eigenvalue weighted by atomic mass is 16.6. The lowest BCUT2D eigenvalue weighted by atomic mass is 10.2. The Balaban J connectivity index is 1.85. The number of nitro benzene ring substituents is 1. The number of carbonyl (C=O) groups excluding carboxylic acids is 1. The molecule has 0 radical (unpaired) electrons. The summed E-state index contributed by atoms with van der Waals surface area (Å²) in [4.78, 5) is 22.3. The number of hydrogen-bond acceptors (Lipinski definition) is 6. The van der Waals surface area contributed by atoms with E-state index in [9.17, 15) is 14.9 Å². The molecule has 0 aliphatic heterocycles. The van der Waals surface area contributed by atoms with E-state index in [4.69, 9.17) is 14.2 Å². The number of ether oxygens (including phenoxy) is 3. The summed E-state index contributed by atoms with van der Waals surface area (Å²) in [6, 6.07) is 9.91. The number of aryl methyl sites for hydroxylation is 1. The van der Waals surface area contributed by atoms with E-state index in [1.54, 1.807) is 32.2 Å². The highest BCUT2D eigenvalue weighted by molar-refractivity contribution is 5.85. The van der Waals surface area contributed by atoms with Crippen LogP contribution in [0, 0.1) is 17.0 Å². The Morgan fingerprint density at radius 1 is 1.18 bits per heavy atom. The van der Waals surface area contributed by atoms with Crippen LogP contribution in [0.25, 0.3) is 6.08 Å². The van der Waals surface area contributed by atoms with Crippen LogP contribution >= 0.6 is 0 Å². The molecule has 0 bridgehead atoms. The second-order valence-corrected chi connectivity index (χ2v) is 5.78. The molecule has 8 heteroatoms. The van der Waals surface area contributed by atoms with Crippen molar-refractivity contribution < 1.29 is 23.9 Å². The van der Waals surface area contributed by atoms with Gasteiger partial charge in [-0.15, -0.1) is 0 Å². The van der Waals surface area contributed by atoms with E-state index in [0.717, 1.165) is 5.56 Å². The third kappa shape index (κ3) is 5.73. The molecule has 0 fully saturated rings. The summed E-state index contributed by atoms with van der Waals surface area (Å²) in [5, 5.41) is 13.4. The normalized spacial score (nSPS) is 10.5. The molecule has 0 saturated heterocycles. The molecule has 0 unspecified atom stereocenters. The van der Waals surface area contributed by atoms with Gasteiger partial charge in [0.15, 0.2) is 11.5 Å². The minimum atomic E-state index is -0.725. The van der Waals surface area contributed by atoms with Crippen LogP contribution in [0.4, 0.5) is 16.2 Å². The molecular weight excluding hydrogens is 364 g/mol. The first kappa shape index (κ1) is 20.8. The zero-order chi connectivity index (χ0) is 20.5. The summed E-state index contributed by atoms with van der Waals surface area (Å²) in [5.74, 6) is 1.11. The summed E-state index contributed by atoms with van der Waals surface area (Å²) in [7, 11) is 1.55. The lowest BCUT2D eigenvalue weighted by Gasteiger charge is -2.12. The smallest absolute Gasteiger partial charge is 0.411 e. The van der Waals surface area contributed by atoms with Gasteiger partial charge in [-0.25, -0.2) is 4.79 Å². The Hall–Kier alpha value is -3.55. The number of carbonyl (C=O) groups is 1. The predicted octanol–water partition coefficient (Wildman–Crippen LogP) is 4.57. The van der Waals surface area contributed by atoms with Crippen molar-refractivity contribution in [2.24, 2.45) is 0 Å². The molecule has 0 aromatic heterocycles. The molecule has 148 valence electrons. The third-order valence-electron chi connectivity index (χ3n) is 3.77. The number of anilines is 1. The van der Waals surface area contributed by atoms with Crippen molar-refractivity contribution in [1.82, 2.24) is 0 Å². The molecular formula is C20H22N2O6. The van der Waals surface area contributed by atoms with Gasteiger partial charge in [0.1, 0.15) is 13.2 Å². The van der Waals surface area contributed by atoms with Crippen LogP contribution in [0.1, 0.15) is 18.1 Å². The summed E-state index contributed by atoms with van der Waals surface area (Å²) in [6.45, 7) is 3.67. The SMILES string of the molecule is C/C=C/c1ccc(OCCOC(=O)Nc2ccc(C)c([N+](=O)[O-])c2)c(OC)c1. The van der Waals surface area contributed by atoms with E-state index in [1.165, 1.54) is 6.07 Å². The van der Waals surface area contributed by atoms with Crippen molar-refractivity contribution in [2.45, 2.75) is 13.8 Å². The highest BCUT2D eigenvalue weighted by Gasteiger charge is 2.13. The number of methoxy groups -OCH3 is 1. The zero-order valence-electron chi connectivity index (χ0n) is 15.9. The van der Waals surface area contributed by atoms with Gasteiger partial charge in [-0.05, 0) is 37.6 Å². The van der Waals surface area contributed by atoms with Gasteiger partial charge in [-0.3, -0.25) is 15.4 Å². The average molecular weight is 386 g/mol. The maximum Gasteiger partial charge on any atom is 0.411 e. The van der Waals surface area contributed by atoms with E-state index in [0.29, 0.717) is 17.1 Å². The average Bonchev–Trinajstić information content (AvgIpc) is 2.67. The molecule has 0 aliphatic carbocycles. The van der Waals surface area contributed by atoms with Crippen LogP contribution in [-0.2, 0) is 4.74 Å². The largest absolute Gasteiger partial charge is 0.493 e. The summed E-state index contributed by atoms with van der Waals surface area (Å²) < 4.78 is 15.9. The van der Waals surface area contributed by atoms with E-state index < -0.39 is 11.0 Å². The van der Waals surface area contributed by atoms with E-state index in [-0.39, 0.29) is 24.6 Å². The molecule has 28 heavy (non-hydrogen) atoms. The fourth-order valence-electron chi connectivity index (χ4n) is 2.42. The fraction of sp³-hybridized carbons (Fsp3) is 0.250. The summed E-state index contributed by atoms with van der Waals surface area (Å²) in [5.41, 5.74) is 1.69. The standard InChI is InChI=1S/C20H22N2O6/c1-4-5-15-7-9-18(19(12-15)26-3)27-10-11-28-20(23)21-16-8-6-14(2)17(13-16)22(24)25/h4-9,12-13H,10-11H2,1-3H3,(H,21,23)/b5-4+. The first-order chi connectivity index (χ1) is 13.4. The maximum absolute atomic E-state index is 11.8. The molecule has 8 nitrogen and oxygen atoms in total. The zero-order valence-corrected chi connectivity index (χ0v) is 15.9. The van der Waals surface area contributed by atoms with Crippen LogP contribution in [0.2, 0.25) is 0 Å². The quantitative estimate of drug-likeness (QED) is 0.405. The molecule has 0 heterocycles. The van der Waals surface area contributed by atoms with Gasteiger partial charge in [0, 0.05) is 11.6 Å². The van der Waals surface area contributed by atoms with Crippen LogP contribution in [0.3, 0.4) is 0 Å². The highest BCUT2D eigenvalue weighted by Crippen LogP contribution is 2.28.